The Morgan fingerprint density at radius 3 is 1.19 bits per heavy atom. The van der Waals surface area contributed by atoms with Gasteiger partial charge in [-0.1, -0.05) is 128 Å². The van der Waals surface area contributed by atoms with Crippen molar-refractivity contribution in [3.05, 3.63) is 24.3 Å². The van der Waals surface area contributed by atoms with Crippen LogP contribution in [0.2, 0.25) is 0 Å². The van der Waals surface area contributed by atoms with Gasteiger partial charge in [-0.2, -0.15) is 0 Å². The van der Waals surface area contributed by atoms with Crippen molar-refractivity contribution in [1.29, 1.82) is 0 Å². The van der Waals surface area contributed by atoms with E-state index in [-0.39, 0.29) is 42.1 Å². The Balaban J connectivity index is -0.000000727. The fourth-order valence-electron chi connectivity index (χ4n) is 4.72. The van der Waals surface area contributed by atoms with Gasteiger partial charge in [0, 0.05) is 11.9 Å². The molecule has 0 saturated carbocycles. The summed E-state index contributed by atoms with van der Waals surface area (Å²) in [5, 5.41) is 40.0. The summed E-state index contributed by atoms with van der Waals surface area (Å²) in [4.78, 5) is 20.4. The third kappa shape index (κ3) is 45.4. The third-order valence-electron chi connectivity index (χ3n) is 7.43. The molecule has 0 bridgehead atoms. The number of aliphatic hydroxyl groups excluding tert-OH is 2. The maximum Gasteiger partial charge on any atom is 2.00 e. The maximum absolute atomic E-state index is 10.2. The Labute approximate surface area is 275 Å². The molecule has 0 radical (unpaired) electrons. The topological polar surface area (TPSA) is 121 Å². The summed E-state index contributed by atoms with van der Waals surface area (Å²) in [7, 11) is 0. The molecule has 0 unspecified atom stereocenters. The van der Waals surface area contributed by atoms with Crippen LogP contribution in [0.3, 0.4) is 0 Å². The standard InChI is InChI=1S/2C18H34O3.Fe/c2*1-2-3-4-11-14-17(19)15-12-9-7-5-6-8-10-13-16-18(20)21;/h2*9,12,17,19H,2-8,10-11,13-16H2,1H3,(H,20,21);/q;;+2/p-2/b2*12-9-;/t2*17-;/m11./s1. The maximum atomic E-state index is 10.2. The molecule has 0 rings (SSSR count). The average molecular weight is 651 g/mol. The summed E-state index contributed by atoms with van der Waals surface area (Å²) in [5.74, 6) is -1.88. The molecule has 43 heavy (non-hydrogen) atoms. The van der Waals surface area contributed by atoms with Gasteiger partial charge in [0.05, 0.1) is 12.2 Å². The first-order chi connectivity index (χ1) is 20.3. The fourth-order valence-corrected chi connectivity index (χ4v) is 4.72. The number of hydrogen-bond acceptors (Lipinski definition) is 6. The van der Waals surface area contributed by atoms with Crippen molar-refractivity contribution in [2.75, 3.05) is 0 Å². The van der Waals surface area contributed by atoms with Gasteiger partial charge in [-0.15, -0.1) is 0 Å². The first-order valence-electron chi connectivity index (χ1n) is 17.4. The average Bonchev–Trinajstić information content (AvgIpc) is 2.95. The summed E-state index contributed by atoms with van der Waals surface area (Å²) < 4.78 is 0. The number of aliphatic carboxylic acids is 2. The van der Waals surface area contributed by atoms with E-state index in [4.69, 9.17) is 0 Å². The molecular weight excluding hydrogens is 584 g/mol. The number of rotatable bonds is 30. The van der Waals surface area contributed by atoms with E-state index in [1.54, 1.807) is 0 Å². The smallest absolute Gasteiger partial charge is 0.550 e. The Kier molecular flexibility index (Phi) is 41.8. The number of aliphatic hydroxyl groups is 2. The van der Waals surface area contributed by atoms with E-state index in [2.05, 4.69) is 38.2 Å². The van der Waals surface area contributed by atoms with Gasteiger partial charge >= 0.3 is 17.1 Å². The summed E-state index contributed by atoms with van der Waals surface area (Å²) in [6.45, 7) is 4.39. The zero-order chi connectivity index (χ0) is 31.5. The Morgan fingerprint density at radius 2 is 0.837 bits per heavy atom. The van der Waals surface area contributed by atoms with Crippen LogP contribution < -0.4 is 10.2 Å². The van der Waals surface area contributed by atoms with Crippen LogP contribution in [0.15, 0.2) is 24.3 Å². The molecule has 0 aliphatic heterocycles. The van der Waals surface area contributed by atoms with Crippen LogP contribution in [0.5, 0.6) is 0 Å². The minimum Gasteiger partial charge on any atom is -0.550 e. The molecule has 2 atom stereocenters. The molecule has 0 aromatic heterocycles. The van der Waals surface area contributed by atoms with E-state index in [1.807, 2.05) is 0 Å². The van der Waals surface area contributed by atoms with Crippen molar-refractivity contribution in [3.8, 4) is 0 Å². The molecule has 0 fully saturated rings. The molecule has 254 valence electrons. The number of allylic oxidation sites excluding steroid dienone is 2. The Hall–Kier alpha value is -1.14. The van der Waals surface area contributed by atoms with Crippen LogP contribution in [0, 0.1) is 0 Å². The summed E-state index contributed by atoms with van der Waals surface area (Å²) >= 11 is 0. The molecule has 0 spiro atoms. The number of hydrogen-bond donors (Lipinski definition) is 2. The second kappa shape index (κ2) is 38.9. The molecular formula is C36H66FeO6. The molecule has 0 saturated heterocycles. The molecule has 2 N–H and O–H groups in total. The van der Waals surface area contributed by atoms with Gasteiger partial charge in [-0.3, -0.25) is 0 Å². The zero-order valence-corrected chi connectivity index (χ0v) is 28.8. The quantitative estimate of drug-likeness (QED) is 0.0472. The van der Waals surface area contributed by atoms with Crippen LogP contribution in [-0.2, 0) is 26.7 Å². The molecule has 0 aliphatic rings. The normalized spacial score (nSPS) is 12.6. The number of carbonyl (C=O) groups is 2. The number of carboxylic acids is 2. The van der Waals surface area contributed by atoms with Gasteiger partial charge < -0.3 is 30.0 Å². The van der Waals surface area contributed by atoms with E-state index in [0.29, 0.717) is 0 Å². The minimum atomic E-state index is -0.939. The van der Waals surface area contributed by atoms with Crippen LogP contribution in [0.1, 0.15) is 181 Å². The van der Waals surface area contributed by atoms with E-state index in [9.17, 15) is 30.0 Å². The van der Waals surface area contributed by atoms with E-state index in [0.717, 1.165) is 116 Å². The number of unbranched alkanes of at least 4 members (excludes halogenated alkanes) is 16. The van der Waals surface area contributed by atoms with Gasteiger partial charge in [0.15, 0.2) is 0 Å². The predicted octanol–water partition coefficient (Wildman–Crippen LogP) is 7.49. The van der Waals surface area contributed by atoms with Crippen LogP contribution in [0.25, 0.3) is 0 Å². The summed E-state index contributed by atoms with van der Waals surface area (Å²) in [5.41, 5.74) is 0. The molecule has 0 aromatic rings. The molecule has 0 aliphatic carbocycles. The largest absolute Gasteiger partial charge is 2.00 e. The molecule has 6 nitrogen and oxygen atoms in total. The van der Waals surface area contributed by atoms with Gasteiger partial charge in [-0.05, 0) is 77.0 Å². The van der Waals surface area contributed by atoms with Crippen molar-refractivity contribution in [2.24, 2.45) is 0 Å². The van der Waals surface area contributed by atoms with Crippen molar-refractivity contribution in [1.82, 2.24) is 0 Å². The molecule has 0 heterocycles. The predicted molar refractivity (Wildman–Crippen MR) is 172 cm³/mol. The van der Waals surface area contributed by atoms with Crippen molar-refractivity contribution in [2.45, 2.75) is 193 Å². The van der Waals surface area contributed by atoms with Crippen molar-refractivity contribution in [3.63, 3.8) is 0 Å². The first kappa shape index (κ1) is 46.3. The molecule has 0 amide bonds. The van der Waals surface area contributed by atoms with Gasteiger partial charge in [0.2, 0.25) is 0 Å². The molecule has 7 heteroatoms. The van der Waals surface area contributed by atoms with Crippen LogP contribution in [-0.4, -0.2) is 34.4 Å². The third-order valence-corrected chi connectivity index (χ3v) is 7.43. The van der Waals surface area contributed by atoms with Crippen LogP contribution >= 0.6 is 0 Å². The van der Waals surface area contributed by atoms with E-state index < -0.39 is 11.9 Å². The fraction of sp³-hybridized carbons (Fsp3) is 0.833. The summed E-state index contributed by atoms with van der Waals surface area (Å²) in [6.07, 6.45) is 34.0. The van der Waals surface area contributed by atoms with Crippen molar-refractivity contribution >= 4 is 11.9 Å². The first-order valence-corrected chi connectivity index (χ1v) is 17.4. The zero-order valence-electron chi connectivity index (χ0n) is 27.7. The van der Waals surface area contributed by atoms with Crippen molar-refractivity contribution < 1.29 is 47.1 Å². The SMILES string of the molecule is CCCCCC[C@@H](O)C/C=C\CCCCCCCC(=O)[O-].CCCCCC[C@@H](O)C/C=C\CCCCCCCC(=O)[O-].[Fe+2]. The molecule has 0 aromatic carbocycles. The van der Waals surface area contributed by atoms with Gasteiger partial charge in [0.1, 0.15) is 0 Å². The number of carboxylic acid groups (broad SMARTS) is 2. The van der Waals surface area contributed by atoms with Gasteiger partial charge in [-0.25, -0.2) is 0 Å². The van der Waals surface area contributed by atoms with Gasteiger partial charge in [0.25, 0.3) is 0 Å². The number of carbonyl (C=O) groups excluding carboxylic acids is 2. The second-order valence-electron chi connectivity index (χ2n) is 11.8. The monoisotopic (exact) mass is 650 g/mol. The minimum absolute atomic E-state index is 0. The Morgan fingerprint density at radius 1 is 0.512 bits per heavy atom. The Bertz CT molecular complexity index is 583. The second-order valence-corrected chi connectivity index (χ2v) is 11.8. The van der Waals surface area contributed by atoms with E-state index in [1.165, 1.54) is 38.5 Å². The van der Waals surface area contributed by atoms with E-state index >= 15 is 0 Å². The van der Waals surface area contributed by atoms with Crippen LogP contribution in [0.4, 0.5) is 0 Å². The summed E-state index contributed by atoms with van der Waals surface area (Å²) in [6, 6.07) is 0.